The highest BCUT2D eigenvalue weighted by Gasteiger charge is 2.20. The highest BCUT2D eigenvalue weighted by molar-refractivity contribution is 7.92. The van der Waals surface area contributed by atoms with Gasteiger partial charge >= 0.3 is 5.69 Å². The summed E-state index contributed by atoms with van der Waals surface area (Å²) in [5.74, 6) is 2.32. The van der Waals surface area contributed by atoms with Crippen LogP contribution in [0.5, 0.6) is 0 Å². The third-order valence-electron chi connectivity index (χ3n) is 3.64. The first-order chi connectivity index (χ1) is 12.3. The molecule has 0 aliphatic carbocycles. The molecule has 0 bridgehead atoms. The van der Waals surface area contributed by atoms with Crippen LogP contribution in [0, 0.1) is 22.5 Å². The van der Waals surface area contributed by atoms with Gasteiger partial charge in [-0.3, -0.25) is 14.4 Å². The van der Waals surface area contributed by atoms with Crippen LogP contribution in [0.1, 0.15) is 0 Å². The average molecular weight is 371 g/mol. The Hall–Kier alpha value is -3.45. The molecule has 0 N–H and O–H groups in total. The minimum absolute atomic E-state index is 0.0986. The molecule has 2 aromatic heterocycles. The Bertz CT molecular complexity index is 1150. The van der Waals surface area contributed by atoms with Crippen molar-refractivity contribution in [3.63, 3.8) is 0 Å². The molecule has 0 aliphatic heterocycles. The van der Waals surface area contributed by atoms with Crippen molar-refractivity contribution in [1.82, 2.24) is 14.6 Å². The van der Waals surface area contributed by atoms with Gasteiger partial charge < -0.3 is 0 Å². The van der Waals surface area contributed by atoms with E-state index in [1.54, 1.807) is 30.3 Å². The van der Waals surface area contributed by atoms with Gasteiger partial charge in [0.15, 0.2) is 0 Å². The highest BCUT2D eigenvalue weighted by Crippen LogP contribution is 2.28. The molecule has 3 aromatic rings. The molecule has 0 fully saturated rings. The van der Waals surface area contributed by atoms with E-state index in [9.17, 15) is 18.5 Å². The first-order valence-electron chi connectivity index (χ1n) is 7.31. The quantitative estimate of drug-likeness (QED) is 0.383. The van der Waals surface area contributed by atoms with Gasteiger partial charge in [0.2, 0.25) is 15.7 Å². The Morgan fingerprint density at radius 2 is 2.15 bits per heavy atom. The third-order valence-corrected chi connectivity index (χ3v) is 4.79. The first-order valence-corrected chi connectivity index (χ1v) is 9.16. The lowest BCUT2D eigenvalue weighted by Crippen LogP contribution is -2.30. The Morgan fingerprint density at radius 3 is 2.81 bits per heavy atom. The second-order valence-electron chi connectivity index (χ2n) is 5.38. The number of terminal acetylenes is 1. The van der Waals surface area contributed by atoms with Crippen LogP contribution in [0.2, 0.25) is 0 Å². The summed E-state index contributed by atoms with van der Waals surface area (Å²) < 4.78 is 26.4. The fourth-order valence-electron chi connectivity index (χ4n) is 2.53. The number of rotatable bonds is 5. The number of sulfonamides is 1. The maximum atomic E-state index is 12.0. The Kier molecular flexibility index (Phi) is 4.31. The summed E-state index contributed by atoms with van der Waals surface area (Å²) in [5, 5.41) is 15.1. The number of fused-ring (bicyclic) bond motifs is 1. The zero-order chi connectivity index (χ0) is 18.9. The Balaban J connectivity index is 2.16. The van der Waals surface area contributed by atoms with E-state index in [4.69, 9.17) is 6.42 Å². The predicted octanol–water partition coefficient (Wildman–Crippen LogP) is 1.70. The molecule has 10 heteroatoms. The zero-order valence-corrected chi connectivity index (χ0v) is 14.4. The summed E-state index contributed by atoms with van der Waals surface area (Å²) in [6, 6.07) is 8.28. The fourth-order valence-corrected chi connectivity index (χ4v) is 3.34. The number of nitrogens with zero attached hydrogens (tertiary/aromatic N) is 5. The van der Waals surface area contributed by atoms with Gasteiger partial charge in [0.1, 0.15) is 6.20 Å². The van der Waals surface area contributed by atoms with E-state index in [0.29, 0.717) is 16.9 Å². The largest absolute Gasteiger partial charge is 0.333 e. The summed E-state index contributed by atoms with van der Waals surface area (Å²) in [5.41, 5.74) is 1.40. The summed E-state index contributed by atoms with van der Waals surface area (Å²) >= 11 is 0. The SMILES string of the molecule is C#CCN(c1cccc(-c2ccnc3c([N+](=O)[O-])cnn23)c1)S(C)(=O)=O. The number of hydrogen-bond donors (Lipinski definition) is 0. The predicted molar refractivity (Wildman–Crippen MR) is 96.1 cm³/mol. The minimum Gasteiger partial charge on any atom is -0.258 e. The van der Waals surface area contributed by atoms with Crippen LogP contribution in [0.15, 0.2) is 42.7 Å². The summed E-state index contributed by atoms with van der Waals surface area (Å²) in [6.45, 7) is -0.110. The van der Waals surface area contributed by atoms with E-state index in [-0.39, 0.29) is 17.9 Å². The molecule has 0 unspecified atom stereocenters. The number of benzene rings is 1. The van der Waals surface area contributed by atoms with Gasteiger partial charge in [-0.25, -0.2) is 17.9 Å². The van der Waals surface area contributed by atoms with Crippen LogP contribution in [0.4, 0.5) is 11.4 Å². The molecule has 0 spiro atoms. The molecule has 0 amide bonds. The van der Waals surface area contributed by atoms with E-state index < -0.39 is 14.9 Å². The van der Waals surface area contributed by atoms with Crippen molar-refractivity contribution in [2.75, 3.05) is 17.1 Å². The van der Waals surface area contributed by atoms with Gasteiger partial charge in [0, 0.05) is 11.8 Å². The monoisotopic (exact) mass is 371 g/mol. The van der Waals surface area contributed by atoms with Gasteiger partial charge in [0.25, 0.3) is 0 Å². The summed E-state index contributed by atoms with van der Waals surface area (Å²) in [6.07, 6.45) is 8.90. The summed E-state index contributed by atoms with van der Waals surface area (Å²) in [7, 11) is -3.56. The van der Waals surface area contributed by atoms with E-state index >= 15 is 0 Å². The van der Waals surface area contributed by atoms with Crippen molar-refractivity contribution in [2.45, 2.75) is 0 Å². The first kappa shape index (κ1) is 17.4. The third kappa shape index (κ3) is 3.07. The molecular formula is C16H13N5O4S. The lowest BCUT2D eigenvalue weighted by atomic mass is 10.1. The number of anilines is 1. The van der Waals surface area contributed by atoms with Crippen molar-refractivity contribution < 1.29 is 13.3 Å². The molecule has 0 saturated carbocycles. The van der Waals surface area contributed by atoms with Gasteiger partial charge in [-0.2, -0.15) is 5.10 Å². The van der Waals surface area contributed by atoms with Crippen molar-refractivity contribution in [3.8, 4) is 23.6 Å². The highest BCUT2D eigenvalue weighted by atomic mass is 32.2. The molecule has 26 heavy (non-hydrogen) atoms. The Labute approximate surface area is 149 Å². The minimum atomic E-state index is -3.56. The molecule has 132 valence electrons. The fraction of sp³-hybridized carbons (Fsp3) is 0.125. The second-order valence-corrected chi connectivity index (χ2v) is 7.28. The Morgan fingerprint density at radius 1 is 1.38 bits per heavy atom. The summed E-state index contributed by atoms with van der Waals surface area (Å²) in [4.78, 5) is 14.5. The van der Waals surface area contributed by atoms with Crippen LogP contribution in [0.3, 0.4) is 0 Å². The van der Waals surface area contributed by atoms with E-state index in [2.05, 4.69) is 16.0 Å². The van der Waals surface area contributed by atoms with Gasteiger partial charge in [-0.1, -0.05) is 18.1 Å². The van der Waals surface area contributed by atoms with E-state index in [1.807, 2.05) is 0 Å². The van der Waals surface area contributed by atoms with Gasteiger partial charge in [0.05, 0.1) is 29.1 Å². The van der Waals surface area contributed by atoms with Crippen LogP contribution in [-0.4, -0.2) is 40.7 Å². The molecule has 0 atom stereocenters. The molecule has 9 nitrogen and oxygen atoms in total. The molecule has 1 aromatic carbocycles. The van der Waals surface area contributed by atoms with Crippen molar-refractivity contribution in [3.05, 3.63) is 52.8 Å². The molecule has 0 saturated heterocycles. The smallest absolute Gasteiger partial charge is 0.258 e. The van der Waals surface area contributed by atoms with Crippen LogP contribution in [-0.2, 0) is 10.0 Å². The molecule has 0 radical (unpaired) electrons. The molecule has 0 aliphatic rings. The lowest BCUT2D eigenvalue weighted by Gasteiger charge is -2.20. The molecule has 3 rings (SSSR count). The normalized spacial score (nSPS) is 11.2. The van der Waals surface area contributed by atoms with Crippen LogP contribution >= 0.6 is 0 Å². The molecular weight excluding hydrogens is 358 g/mol. The van der Waals surface area contributed by atoms with Crippen LogP contribution < -0.4 is 4.31 Å². The maximum Gasteiger partial charge on any atom is 0.333 e. The van der Waals surface area contributed by atoms with Crippen molar-refractivity contribution in [1.29, 1.82) is 0 Å². The lowest BCUT2D eigenvalue weighted by molar-refractivity contribution is -0.383. The van der Waals surface area contributed by atoms with E-state index in [0.717, 1.165) is 16.8 Å². The second kappa shape index (κ2) is 6.45. The number of hydrogen-bond acceptors (Lipinski definition) is 6. The molecule has 2 heterocycles. The van der Waals surface area contributed by atoms with Gasteiger partial charge in [-0.15, -0.1) is 6.42 Å². The zero-order valence-electron chi connectivity index (χ0n) is 13.6. The van der Waals surface area contributed by atoms with E-state index in [1.165, 1.54) is 10.7 Å². The van der Waals surface area contributed by atoms with Crippen molar-refractivity contribution >= 4 is 27.0 Å². The standard InChI is InChI=1S/C16H13N5O4S/c1-3-9-19(26(2,24)25)13-6-4-5-12(10-13)14-7-8-17-16-15(21(22)23)11-18-20(14)16/h1,4-8,10-11H,9H2,2H3. The van der Waals surface area contributed by atoms with Crippen molar-refractivity contribution in [2.24, 2.45) is 0 Å². The van der Waals surface area contributed by atoms with Crippen LogP contribution in [0.25, 0.3) is 16.9 Å². The topological polar surface area (TPSA) is 111 Å². The number of aromatic nitrogens is 3. The number of nitro groups is 1. The average Bonchev–Trinajstić information content (AvgIpc) is 3.03. The van der Waals surface area contributed by atoms with Gasteiger partial charge in [-0.05, 0) is 18.2 Å². The maximum absolute atomic E-state index is 12.0.